The minimum atomic E-state index is 0.360. The van der Waals surface area contributed by atoms with Crippen molar-refractivity contribution in [3.8, 4) is 11.5 Å². The summed E-state index contributed by atoms with van der Waals surface area (Å²) in [6, 6.07) is 6.20. The molecule has 0 fully saturated rings. The molecule has 3 heteroatoms. The van der Waals surface area contributed by atoms with Gasteiger partial charge in [0.05, 0.1) is 0 Å². The number of unbranched alkanes of at least 4 members (excludes halogenated alkanes) is 1. The Labute approximate surface area is 90.4 Å². The highest BCUT2D eigenvalue weighted by molar-refractivity contribution is 5.44. The van der Waals surface area contributed by atoms with Crippen LogP contribution in [0.2, 0.25) is 0 Å². The molecule has 0 bridgehead atoms. The molecule has 0 amide bonds. The Kier molecular flexibility index (Phi) is 3.45. The van der Waals surface area contributed by atoms with Crippen molar-refractivity contribution in [3.05, 3.63) is 23.8 Å². The zero-order valence-electron chi connectivity index (χ0n) is 9.08. The normalized spacial score (nSPS) is 13.1. The molecule has 82 valence electrons. The Morgan fingerprint density at radius 3 is 2.93 bits per heavy atom. The molecule has 1 aliphatic rings. The quantitative estimate of drug-likeness (QED) is 0.749. The van der Waals surface area contributed by atoms with E-state index in [1.165, 1.54) is 18.4 Å². The van der Waals surface area contributed by atoms with Gasteiger partial charge in [0.25, 0.3) is 0 Å². The van der Waals surface area contributed by atoms with Crippen molar-refractivity contribution in [2.24, 2.45) is 0 Å². The van der Waals surface area contributed by atoms with E-state index >= 15 is 0 Å². The summed E-state index contributed by atoms with van der Waals surface area (Å²) in [4.78, 5) is 0. The van der Waals surface area contributed by atoms with Crippen LogP contribution in [0.3, 0.4) is 0 Å². The monoisotopic (exact) mass is 207 g/mol. The van der Waals surface area contributed by atoms with E-state index in [9.17, 15) is 0 Å². The molecule has 1 heterocycles. The summed E-state index contributed by atoms with van der Waals surface area (Å²) in [5.74, 6) is 1.76. The van der Waals surface area contributed by atoms with E-state index in [1.807, 2.05) is 13.1 Å². The number of ether oxygens (including phenoxy) is 2. The first-order valence-corrected chi connectivity index (χ1v) is 5.43. The number of hydrogen-bond acceptors (Lipinski definition) is 3. The van der Waals surface area contributed by atoms with Crippen LogP contribution in [0.5, 0.6) is 11.5 Å². The SMILES string of the molecule is CNCCCCc1ccc2c(c1)OCO2. The number of aryl methyl sites for hydroxylation is 1. The van der Waals surface area contributed by atoms with Crippen molar-refractivity contribution in [1.29, 1.82) is 0 Å². The van der Waals surface area contributed by atoms with Crippen LogP contribution in [0, 0.1) is 0 Å². The fourth-order valence-corrected chi connectivity index (χ4v) is 1.73. The predicted molar refractivity (Wildman–Crippen MR) is 59.4 cm³/mol. The molecule has 0 unspecified atom stereocenters. The topological polar surface area (TPSA) is 30.5 Å². The Hall–Kier alpha value is -1.22. The molecule has 0 radical (unpaired) electrons. The zero-order chi connectivity index (χ0) is 10.5. The molecule has 3 nitrogen and oxygen atoms in total. The molecule has 0 aromatic heterocycles. The van der Waals surface area contributed by atoms with Crippen LogP contribution >= 0.6 is 0 Å². The molecule has 1 N–H and O–H groups in total. The highest BCUT2D eigenvalue weighted by Gasteiger charge is 2.12. The molecule has 0 atom stereocenters. The summed E-state index contributed by atoms with van der Waals surface area (Å²) in [5.41, 5.74) is 1.33. The second kappa shape index (κ2) is 5.03. The van der Waals surface area contributed by atoms with Gasteiger partial charge in [-0.15, -0.1) is 0 Å². The van der Waals surface area contributed by atoms with E-state index in [2.05, 4.69) is 17.4 Å². The van der Waals surface area contributed by atoms with Crippen LogP contribution in [0.15, 0.2) is 18.2 Å². The van der Waals surface area contributed by atoms with Crippen molar-refractivity contribution < 1.29 is 9.47 Å². The number of rotatable bonds is 5. The molecule has 1 aromatic rings. The van der Waals surface area contributed by atoms with Gasteiger partial charge in [0.2, 0.25) is 6.79 Å². The van der Waals surface area contributed by atoms with Gasteiger partial charge in [-0.3, -0.25) is 0 Å². The third-order valence-corrected chi connectivity index (χ3v) is 2.58. The average Bonchev–Trinajstić information content (AvgIpc) is 2.71. The third-order valence-electron chi connectivity index (χ3n) is 2.58. The standard InChI is InChI=1S/C12H17NO2/c1-13-7-3-2-4-10-5-6-11-12(8-10)15-9-14-11/h5-6,8,13H,2-4,7,9H2,1H3. The smallest absolute Gasteiger partial charge is 0.231 e. The van der Waals surface area contributed by atoms with Crippen molar-refractivity contribution in [2.75, 3.05) is 20.4 Å². The lowest BCUT2D eigenvalue weighted by molar-refractivity contribution is 0.174. The summed E-state index contributed by atoms with van der Waals surface area (Å²) >= 11 is 0. The molecule has 0 saturated heterocycles. The van der Waals surface area contributed by atoms with Crippen molar-refractivity contribution in [2.45, 2.75) is 19.3 Å². The first kappa shape index (κ1) is 10.3. The molecular weight excluding hydrogens is 190 g/mol. The first-order chi connectivity index (χ1) is 7.40. The maximum absolute atomic E-state index is 5.33. The highest BCUT2D eigenvalue weighted by atomic mass is 16.7. The van der Waals surface area contributed by atoms with Crippen LogP contribution in [0.4, 0.5) is 0 Å². The summed E-state index contributed by atoms with van der Waals surface area (Å²) in [5, 5.41) is 3.15. The molecule has 1 aromatic carbocycles. The van der Waals surface area contributed by atoms with E-state index in [4.69, 9.17) is 9.47 Å². The van der Waals surface area contributed by atoms with Gasteiger partial charge >= 0.3 is 0 Å². The lowest BCUT2D eigenvalue weighted by atomic mass is 10.1. The van der Waals surface area contributed by atoms with Gasteiger partial charge < -0.3 is 14.8 Å². The van der Waals surface area contributed by atoms with Gasteiger partial charge in [-0.2, -0.15) is 0 Å². The van der Waals surface area contributed by atoms with Gasteiger partial charge in [0.15, 0.2) is 11.5 Å². The number of hydrogen-bond donors (Lipinski definition) is 1. The largest absolute Gasteiger partial charge is 0.454 e. The van der Waals surface area contributed by atoms with Crippen molar-refractivity contribution >= 4 is 0 Å². The van der Waals surface area contributed by atoms with Crippen molar-refractivity contribution in [1.82, 2.24) is 5.32 Å². The van der Waals surface area contributed by atoms with Gasteiger partial charge in [0.1, 0.15) is 0 Å². The summed E-state index contributed by atoms with van der Waals surface area (Å²) in [6.07, 6.45) is 3.53. The highest BCUT2D eigenvalue weighted by Crippen LogP contribution is 2.32. The van der Waals surface area contributed by atoms with E-state index in [0.29, 0.717) is 6.79 Å². The molecule has 0 saturated carbocycles. The minimum Gasteiger partial charge on any atom is -0.454 e. The van der Waals surface area contributed by atoms with Crippen LogP contribution < -0.4 is 14.8 Å². The molecular formula is C12H17NO2. The van der Waals surface area contributed by atoms with Crippen LogP contribution in [0.25, 0.3) is 0 Å². The van der Waals surface area contributed by atoms with Gasteiger partial charge in [0, 0.05) is 0 Å². The summed E-state index contributed by atoms with van der Waals surface area (Å²) in [7, 11) is 1.99. The summed E-state index contributed by atoms with van der Waals surface area (Å²) in [6.45, 7) is 1.45. The Bertz CT molecular complexity index is 325. The number of fused-ring (bicyclic) bond motifs is 1. The Balaban J connectivity index is 1.87. The summed E-state index contributed by atoms with van der Waals surface area (Å²) < 4.78 is 10.6. The first-order valence-electron chi connectivity index (χ1n) is 5.43. The lowest BCUT2D eigenvalue weighted by Gasteiger charge is -2.03. The van der Waals surface area contributed by atoms with Gasteiger partial charge in [-0.1, -0.05) is 6.07 Å². The number of benzene rings is 1. The van der Waals surface area contributed by atoms with E-state index in [1.54, 1.807) is 0 Å². The minimum absolute atomic E-state index is 0.360. The van der Waals surface area contributed by atoms with E-state index in [-0.39, 0.29) is 0 Å². The van der Waals surface area contributed by atoms with Gasteiger partial charge in [-0.05, 0) is 50.6 Å². The fourth-order valence-electron chi connectivity index (χ4n) is 1.73. The van der Waals surface area contributed by atoms with E-state index in [0.717, 1.165) is 24.5 Å². The fraction of sp³-hybridized carbons (Fsp3) is 0.500. The second-order valence-electron chi connectivity index (χ2n) is 3.75. The van der Waals surface area contributed by atoms with Gasteiger partial charge in [-0.25, -0.2) is 0 Å². The molecule has 0 aliphatic carbocycles. The molecule has 2 rings (SSSR count). The molecule has 15 heavy (non-hydrogen) atoms. The molecule has 1 aliphatic heterocycles. The van der Waals surface area contributed by atoms with Crippen LogP contribution in [-0.2, 0) is 6.42 Å². The maximum atomic E-state index is 5.33. The number of nitrogens with one attached hydrogen (secondary N) is 1. The Morgan fingerprint density at radius 2 is 2.07 bits per heavy atom. The average molecular weight is 207 g/mol. The third kappa shape index (κ3) is 2.63. The van der Waals surface area contributed by atoms with Crippen LogP contribution in [-0.4, -0.2) is 20.4 Å². The Morgan fingerprint density at radius 1 is 1.20 bits per heavy atom. The molecule has 0 spiro atoms. The zero-order valence-corrected chi connectivity index (χ0v) is 9.08. The van der Waals surface area contributed by atoms with Crippen LogP contribution in [0.1, 0.15) is 18.4 Å². The van der Waals surface area contributed by atoms with Crippen molar-refractivity contribution in [3.63, 3.8) is 0 Å². The second-order valence-corrected chi connectivity index (χ2v) is 3.75. The maximum Gasteiger partial charge on any atom is 0.231 e. The predicted octanol–water partition coefficient (Wildman–Crippen LogP) is 1.96. The lowest BCUT2D eigenvalue weighted by Crippen LogP contribution is -2.07. The van der Waals surface area contributed by atoms with E-state index < -0.39 is 0 Å².